The minimum atomic E-state index is -0.775. The number of benzene rings is 1. The van der Waals surface area contributed by atoms with Crippen LogP contribution < -0.4 is 15.5 Å². The molecule has 21 heavy (non-hydrogen) atoms. The van der Waals surface area contributed by atoms with Gasteiger partial charge in [0.15, 0.2) is 0 Å². The Balaban J connectivity index is 2.44. The smallest absolute Gasteiger partial charge is 0.329 e. The van der Waals surface area contributed by atoms with Crippen LogP contribution in [0.5, 0.6) is 5.75 Å². The molecule has 0 aromatic heterocycles. The Morgan fingerprint density at radius 1 is 1.29 bits per heavy atom. The molecule has 0 aliphatic rings. The summed E-state index contributed by atoms with van der Waals surface area (Å²) in [6, 6.07) is 7.27. The molecule has 0 aliphatic heterocycles. The third-order valence-electron chi connectivity index (χ3n) is 2.57. The Morgan fingerprint density at radius 3 is 2.81 bits per heavy atom. The number of rotatable bonds is 7. The molecular weight excluding hydrogens is 270 g/mol. The average molecular weight is 291 g/mol. The molecule has 0 bridgehead atoms. The molecule has 0 saturated carbocycles. The molecule has 0 radical (unpaired) electrons. The van der Waals surface area contributed by atoms with Gasteiger partial charge in [0.2, 0.25) is 0 Å². The maximum atomic E-state index is 11.4. The van der Waals surface area contributed by atoms with Crippen LogP contribution in [0.15, 0.2) is 29.4 Å². The molecule has 6 heteroatoms. The Morgan fingerprint density at radius 2 is 2.10 bits per heavy atom. The van der Waals surface area contributed by atoms with Crippen molar-refractivity contribution < 1.29 is 14.3 Å². The zero-order chi connectivity index (χ0) is 15.5. The van der Waals surface area contributed by atoms with Crippen LogP contribution in [0.25, 0.3) is 0 Å². The van der Waals surface area contributed by atoms with Gasteiger partial charge in [-0.1, -0.05) is 25.5 Å². The number of hydrogen-bond acceptors (Lipinski definition) is 4. The highest BCUT2D eigenvalue weighted by atomic mass is 16.5. The first kappa shape index (κ1) is 16.7. The lowest BCUT2D eigenvalue weighted by molar-refractivity contribution is -0.139. The van der Waals surface area contributed by atoms with E-state index in [1.807, 2.05) is 32.0 Å². The SMILES string of the molecule is CCCCNC(=O)C(=O)N/N=C\c1cccc(OCC)c1. The number of nitrogens with one attached hydrogen (secondary N) is 2. The number of amides is 2. The highest BCUT2D eigenvalue weighted by molar-refractivity contribution is 6.35. The van der Waals surface area contributed by atoms with Crippen LogP contribution in [-0.2, 0) is 9.59 Å². The monoisotopic (exact) mass is 291 g/mol. The summed E-state index contributed by atoms with van der Waals surface area (Å²) < 4.78 is 5.35. The fourth-order valence-electron chi connectivity index (χ4n) is 1.53. The predicted octanol–water partition coefficient (Wildman–Crippen LogP) is 1.45. The van der Waals surface area contributed by atoms with Gasteiger partial charge in [0.25, 0.3) is 0 Å². The lowest BCUT2D eigenvalue weighted by atomic mass is 10.2. The van der Waals surface area contributed by atoms with Gasteiger partial charge in [-0.3, -0.25) is 9.59 Å². The fourth-order valence-corrected chi connectivity index (χ4v) is 1.53. The minimum absolute atomic E-state index is 0.489. The second-order valence-electron chi connectivity index (χ2n) is 4.31. The third kappa shape index (κ3) is 6.56. The molecule has 0 fully saturated rings. The molecule has 2 N–H and O–H groups in total. The van der Waals surface area contributed by atoms with Crippen LogP contribution in [0.1, 0.15) is 32.3 Å². The molecule has 0 unspecified atom stereocenters. The van der Waals surface area contributed by atoms with Gasteiger partial charge in [-0.15, -0.1) is 0 Å². The van der Waals surface area contributed by atoms with Crippen molar-refractivity contribution in [1.82, 2.24) is 10.7 Å². The molecule has 2 amide bonds. The lowest BCUT2D eigenvalue weighted by Crippen LogP contribution is -2.38. The van der Waals surface area contributed by atoms with Gasteiger partial charge >= 0.3 is 11.8 Å². The van der Waals surface area contributed by atoms with Crippen molar-refractivity contribution in [3.63, 3.8) is 0 Å². The highest BCUT2D eigenvalue weighted by Gasteiger charge is 2.10. The molecule has 0 saturated heterocycles. The maximum Gasteiger partial charge on any atom is 0.329 e. The first-order valence-corrected chi connectivity index (χ1v) is 7.01. The average Bonchev–Trinajstić information content (AvgIpc) is 2.48. The quantitative estimate of drug-likeness (QED) is 0.345. The third-order valence-corrected chi connectivity index (χ3v) is 2.57. The fraction of sp³-hybridized carbons (Fsp3) is 0.400. The Labute approximate surface area is 124 Å². The largest absolute Gasteiger partial charge is 0.494 e. The van der Waals surface area contributed by atoms with Crippen molar-refractivity contribution in [3.8, 4) is 5.75 Å². The summed E-state index contributed by atoms with van der Waals surface area (Å²) in [6.45, 7) is 4.98. The van der Waals surface area contributed by atoms with E-state index in [0.29, 0.717) is 13.2 Å². The zero-order valence-electron chi connectivity index (χ0n) is 12.4. The first-order chi connectivity index (χ1) is 10.2. The van der Waals surface area contributed by atoms with Crippen LogP contribution in [-0.4, -0.2) is 31.2 Å². The van der Waals surface area contributed by atoms with Gasteiger partial charge < -0.3 is 10.1 Å². The molecule has 1 aromatic carbocycles. The van der Waals surface area contributed by atoms with Crippen LogP contribution in [0.4, 0.5) is 0 Å². The molecular formula is C15H21N3O3. The van der Waals surface area contributed by atoms with Crippen molar-refractivity contribution in [1.29, 1.82) is 0 Å². The van der Waals surface area contributed by atoms with Crippen LogP contribution in [0, 0.1) is 0 Å². The standard InChI is InChI=1S/C15H21N3O3/c1-3-5-9-16-14(19)15(20)18-17-11-12-7-6-8-13(10-12)21-4-2/h6-8,10-11H,3-5,9H2,1-2H3,(H,16,19)(H,18,20)/b17-11-. The van der Waals surface area contributed by atoms with E-state index in [2.05, 4.69) is 15.8 Å². The number of unbranched alkanes of at least 4 members (excludes halogenated alkanes) is 1. The molecule has 1 rings (SSSR count). The van der Waals surface area contributed by atoms with E-state index in [0.717, 1.165) is 24.2 Å². The predicted molar refractivity (Wildman–Crippen MR) is 81.3 cm³/mol. The lowest BCUT2D eigenvalue weighted by Gasteiger charge is -2.03. The van der Waals surface area contributed by atoms with Gasteiger partial charge in [-0.25, -0.2) is 5.43 Å². The number of hydrazone groups is 1. The van der Waals surface area contributed by atoms with E-state index >= 15 is 0 Å². The highest BCUT2D eigenvalue weighted by Crippen LogP contribution is 2.11. The van der Waals surface area contributed by atoms with Gasteiger partial charge in [-0.05, 0) is 31.0 Å². The summed E-state index contributed by atoms with van der Waals surface area (Å²) >= 11 is 0. The van der Waals surface area contributed by atoms with E-state index < -0.39 is 11.8 Å². The summed E-state index contributed by atoms with van der Waals surface area (Å²) in [4.78, 5) is 22.8. The number of nitrogens with zero attached hydrogens (tertiary/aromatic N) is 1. The van der Waals surface area contributed by atoms with E-state index in [9.17, 15) is 9.59 Å². The topological polar surface area (TPSA) is 79.8 Å². The minimum Gasteiger partial charge on any atom is -0.494 e. The Bertz CT molecular complexity index is 501. The Hall–Kier alpha value is -2.37. The summed E-state index contributed by atoms with van der Waals surface area (Å²) in [5.41, 5.74) is 2.96. The molecule has 1 aromatic rings. The number of carbonyl (C=O) groups excluding carboxylic acids is 2. The van der Waals surface area contributed by atoms with Crippen molar-refractivity contribution in [2.45, 2.75) is 26.7 Å². The molecule has 114 valence electrons. The molecule has 0 atom stereocenters. The number of hydrogen-bond donors (Lipinski definition) is 2. The Kier molecular flexibility index (Phi) is 7.56. The van der Waals surface area contributed by atoms with E-state index in [-0.39, 0.29) is 0 Å². The maximum absolute atomic E-state index is 11.4. The first-order valence-electron chi connectivity index (χ1n) is 7.01. The summed E-state index contributed by atoms with van der Waals surface area (Å²) in [6.07, 6.45) is 3.25. The second kappa shape index (κ2) is 9.52. The molecule has 0 heterocycles. The molecule has 0 spiro atoms. The summed E-state index contributed by atoms with van der Waals surface area (Å²) in [5, 5.41) is 6.26. The second-order valence-corrected chi connectivity index (χ2v) is 4.31. The van der Waals surface area contributed by atoms with Crippen LogP contribution in [0.2, 0.25) is 0 Å². The normalized spacial score (nSPS) is 10.4. The van der Waals surface area contributed by atoms with Crippen molar-refractivity contribution >= 4 is 18.0 Å². The van der Waals surface area contributed by atoms with E-state index in [4.69, 9.17) is 4.74 Å². The van der Waals surface area contributed by atoms with Crippen LogP contribution >= 0.6 is 0 Å². The summed E-state index contributed by atoms with van der Waals surface area (Å²) in [5.74, 6) is -0.725. The van der Waals surface area contributed by atoms with Crippen LogP contribution in [0.3, 0.4) is 0 Å². The van der Waals surface area contributed by atoms with Crippen molar-refractivity contribution in [2.24, 2.45) is 5.10 Å². The molecule has 6 nitrogen and oxygen atoms in total. The van der Waals surface area contributed by atoms with Crippen molar-refractivity contribution in [2.75, 3.05) is 13.2 Å². The number of carbonyl (C=O) groups is 2. The van der Waals surface area contributed by atoms with Gasteiger partial charge in [-0.2, -0.15) is 5.10 Å². The van der Waals surface area contributed by atoms with Crippen molar-refractivity contribution in [3.05, 3.63) is 29.8 Å². The molecule has 0 aliphatic carbocycles. The zero-order valence-corrected chi connectivity index (χ0v) is 12.4. The van der Waals surface area contributed by atoms with E-state index in [1.165, 1.54) is 6.21 Å². The number of ether oxygens (including phenoxy) is 1. The van der Waals surface area contributed by atoms with Gasteiger partial charge in [0, 0.05) is 6.54 Å². The van der Waals surface area contributed by atoms with Gasteiger partial charge in [0.05, 0.1) is 12.8 Å². The van der Waals surface area contributed by atoms with E-state index in [1.54, 1.807) is 6.07 Å². The summed E-state index contributed by atoms with van der Waals surface area (Å²) in [7, 11) is 0. The van der Waals surface area contributed by atoms with Gasteiger partial charge in [0.1, 0.15) is 5.75 Å².